The summed E-state index contributed by atoms with van der Waals surface area (Å²) in [5, 5.41) is 0. The first-order valence-electron chi connectivity index (χ1n) is 4.58. The second-order valence-electron chi connectivity index (χ2n) is 3.91. The fourth-order valence-corrected chi connectivity index (χ4v) is 1.78. The van der Waals surface area contributed by atoms with E-state index >= 15 is 0 Å². The van der Waals surface area contributed by atoms with E-state index in [-0.39, 0.29) is 11.6 Å². The third kappa shape index (κ3) is 1.95. The summed E-state index contributed by atoms with van der Waals surface area (Å²) in [5.74, 6) is 0. The van der Waals surface area contributed by atoms with E-state index in [2.05, 4.69) is 0 Å². The summed E-state index contributed by atoms with van der Waals surface area (Å²) in [7, 11) is 0. The third-order valence-electron chi connectivity index (χ3n) is 2.95. The summed E-state index contributed by atoms with van der Waals surface area (Å²) >= 11 is 0. The molecular formula is C8H20N4. The van der Waals surface area contributed by atoms with Gasteiger partial charge in [-0.05, 0) is 25.7 Å². The van der Waals surface area contributed by atoms with Gasteiger partial charge in [0, 0.05) is 24.2 Å². The van der Waals surface area contributed by atoms with Crippen LogP contribution in [0.5, 0.6) is 0 Å². The zero-order valence-corrected chi connectivity index (χ0v) is 7.50. The molecule has 1 rings (SSSR count). The number of nitrogens with two attached hydrogens (primary N) is 4. The van der Waals surface area contributed by atoms with E-state index in [1.807, 2.05) is 0 Å². The molecule has 12 heavy (non-hydrogen) atoms. The smallest absolute Gasteiger partial charge is 0.0346 e. The predicted molar refractivity (Wildman–Crippen MR) is 50.4 cm³/mol. The monoisotopic (exact) mass is 172 g/mol. The summed E-state index contributed by atoms with van der Waals surface area (Å²) in [6, 6.07) is 0.233. The van der Waals surface area contributed by atoms with Gasteiger partial charge in [-0.25, -0.2) is 0 Å². The molecule has 1 aliphatic rings. The minimum Gasteiger partial charge on any atom is -0.329 e. The minimum absolute atomic E-state index is 0.0787. The van der Waals surface area contributed by atoms with Crippen LogP contribution in [-0.4, -0.2) is 24.2 Å². The van der Waals surface area contributed by atoms with Crippen molar-refractivity contribution in [1.29, 1.82) is 0 Å². The average Bonchev–Trinajstić information content (AvgIpc) is 2.09. The fraction of sp³-hybridized carbons (Fsp3) is 1.00. The topological polar surface area (TPSA) is 104 Å². The van der Waals surface area contributed by atoms with E-state index in [0.717, 1.165) is 25.7 Å². The van der Waals surface area contributed by atoms with Crippen molar-refractivity contribution in [2.75, 3.05) is 6.54 Å². The summed E-state index contributed by atoms with van der Waals surface area (Å²) < 4.78 is 0. The SMILES string of the molecule is NCC(N)C1(N)CCC(N)CC1. The highest BCUT2D eigenvalue weighted by atomic mass is 14.9. The Bertz CT molecular complexity index is 140. The van der Waals surface area contributed by atoms with E-state index < -0.39 is 0 Å². The summed E-state index contributed by atoms with van der Waals surface area (Å²) in [5.41, 5.74) is 22.9. The first-order chi connectivity index (χ1) is 5.58. The lowest BCUT2D eigenvalue weighted by Gasteiger charge is -2.40. The van der Waals surface area contributed by atoms with Gasteiger partial charge < -0.3 is 22.9 Å². The molecule has 4 heteroatoms. The van der Waals surface area contributed by atoms with Crippen molar-refractivity contribution in [3.8, 4) is 0 Å². The molecule has 1 saturated carbocycles. The van der Waals surface area contributed by atoms with Crippen molar-refractivity contribution >= 4 is 0 Å². The second kappa shape index (κ2) is 3.70. The van der Waals surface area contributed by atoms with E-state index in [1.165, 1.54) is 0 Å². The molecular weight excluding hydrogens is 152 g/mol. The average molecular weight is 172 g/mol. The molecule has 1 aliphatic carbocycles. The Hall–Kier alpha value is -0.160. The minimum atomic E-state index is -0.259. The molecule has 0 heterocycles. The molecule has 0 bridgehead atoms. The molecule has 0 aromatic carbocycles. The van der Waals surface area contributed by atoms with Crippen LogP contribution >= 0.6 is 0 Å². The van der Waals surface area contributed by atoms with Gasteiger partial charge in [0.05, 0.1) is 0 Å². The van der Waals surface area contributed by atoms with Gasteiger partial charge in [0.2, 0.25) is 0 Å². The maximum absolute atomic E-state index is 6.11. The number of hydrogen-bond donors (Lipinski definition) is 4. The van der Waals surface area contributed by atoms with Gasteiger partial charge in [-0.1, -0.05) is 0 Å². The molecule has 4 nitrogen and oxygen atoms in total. The molecule has 8 N–H and O–H groups in total. The van der Waals surface area contributed by atoms with Crippen molar-refractivity contribution in [2.24, 2.45) is 22.9 Å². The maximum atomic E-state index is 6.11. The van der Waals surface area contributed by atoms with Gasteiger partial charge in [-0.3, -0.25) is 0 Å². The molecule has 0 aliphatic heterocycles. The zero-order valence-electron chi connectivity index (χ0n) is 7.50. The predicted octanol–water partition coefficient (Wildman–Crippen LogP) is -1.13. The third-order valence-corrected chi connectivity index (χ3v) is 2.95. The zero-order chi connectivity index (χ0) is 9.19. The van der Waals surface area contributed by atoms with Gasteiger partial charge in [0.1, 0.15) is 0 Å². The molecule has 0 saturated heterocycles. The van der Waals surface area contributed by atoms with E-state index in [9.17, 15) is 0 Å². The number of hydrogen-bond acceptors (Lipinski definition) is 4. The van der Waals surface area contributed by atoms with Crippen LogP contribution in [0, 0.1) is 0 Å². The van der Waals surface area contributed by atoms with Crippen molar-refractivity contribution < 1.29 is 0 Å². The Morgan fingerprint density at radius 3 is 2.25 bits per heavy atom. The van der Waals surface area contributed by atoms with Crippen molar-refractivity contribution in [1.82, 2.24) is 0 Å². The molecule has 1 unspecified atom stereocenters. The van der Waals surface area contributed by atoms with Crippen LogP contribution in [0.25, 0.3) is 0 Å². The van der Waals surface area contributed by atoms with Crippen molar-refractivity contribution in [2.45, 2.75) is 43.3 Å². The van der Waals surface area contributed by atoms with E-state index in [4.69, 9.17) is 22.9 Å². The standard InChI is InChI=1S/C8H20N4/c9-5-7(11)8(12)3-1-6(10)2-4-8/h6-7H,1-5,9-12H2. The number of rotatable bonds is 2. The van der Waals surface area contributed by atoms with Crippen LogP contribution < -0.4 is 22.9 Å². The summed E-state index contributed by atoms with van der Waals surface area (Å²) in [4.78, 5) is 0. The fourth-order valence-electron chi connectivity index (χ4n) is 1.78. The molecule has 1 fully saturated rings. The van der Waals surface area contributed by atoms with Crippen LogP contribution in [0.2, 0.25) is 0 Å². The van der Waals surface area contributed by atoms with Crippen LogP contribution in [0.1, 0.15) is 25.7 Å². The highest BCUT2D eigenvalue weighted by molar-refractivity contribution is 4.98. The molecule has 72 valence electrons. The molecule has 0 aromatic heterocycles. The van der Waals surface area contributed by atoms with Gasteiger partial charge in [-0.2, -0.15) is 0 Å². The first-order valence-corrected chi connectivity index (χ1v) is 4.58. The van der Waals surface area contributed by atoms with Gasteiger partial charge in [-0.15, -0.1) is 0 Å². The highest BCUT2D eigenvalue weighted by Crippen LogP contribution is 2.27. The summed E-state index contributed by atoms with van der Waals surface area (Å²) in [6.07, 6.45) is 3.77. The lowest BCUT2D eigenvalue weighted by atomic mass is 9.76. The second-order valence-corrected chi connectivity index (χ2v) is 3.91. The Kier molecular flexibility index (Phi) is 3.06. The van der Waals surface area contributed by atoms with Crippen molar-refractivity contribution in [3.63, 3.8) is 0 Å². The maximum Gasteiger partial charge on any atom is 0.0346 e. The summed E-state index contributed by atoms with van der Waals surface area (Å²) in [6.45, 7) is 0.464. The largest absolute Gasteiger partial charge is 0.329 e. The first kappa shape index (κ1) is 9.92. The normalized spacial score (nSPS) is 39.5. The van der Waals surface area contributed by atoms with E-state index in [1.54, 1.807) is 0 Å². The van der Waals surface area contributed by atoms with Gasteiger partial charge >= 0.3 is 0 Å². The lowest BCUT2D eigenvalue weighted by molar-refractivity contribution is 0.233. The van der Waals surface area contributed by atoms with Crippen LogP contribution in [-0.2, 0) is 0 Å². The molecule has 1 atom stereocenters. The van der Waals surface area contributed by atoms with Crippen LogP contribution in [0.4, 0.5) is 0 Å². The molecule has 0 amide bonds. The van der Waals surface area contributed by atoms with Crippen molar-refractivity contribution in [3.05, 3.63) is 0 Å². The Labute approximate surface area is 73.6 Å². The highest BCUT2D eigenvalue weighted by Gasteiger charge is 2.34. The Morgan fingerprint density at radius 1 is 1.33 bits per heavy atom. The van der Waals surface area contributed by atoms with E-state index in [0.29, 0.717) is 12.6 Å². The van der Waals surface area contributed by atoms with Gasteiger partial charge in [0.15, 0.2) is 0 Å². The Morgan fingerprint density at radius 2 is 1.83 bits per heavy atom. The molecule has 0 radical (unpaired) electrons. The molecule has 0 spiro atoms. The van der Waals surface area contributed by atoms with Gasteiger partial charge in [0.25, 0.3) is 0 Å². The lowest BCUT2D eigenvalue weighted by Crippen LogP contribution is -2.60. The quantitative estimate of drug-likeness (QED) is 0.423. The molecule has 0 aromatic rings. The Balaban J connectivity index is 2.49. The van der Waals surface area contributed by atoms with Crippen LogP contribution in [0.15, 0.2) is 0 Å². The van der Waals surface area contributed by atoms with Crippen LogP contribution in [0.3, 0.4) is 0 Å².